The van der Waals surface area contributed by atoms with Gasteiger partial charge in [-0.3, -0.25) is 8.42 Å². The molecule has 1 radical (unpaired) electrons. The van der Waals surface area contributed by atoms with E-state index in [9.17, 15) is 0 Å². The molecule has 0 heterocycles. The van der Waals surface area contributed by atoms with E-state index >= 15 is 0 Å². The fourth-order valence-corrected chi connectivity index (χ4v) is 0. The third kappa shape index (κ3) is 983. The molecule has 0 aliphatic heterocycles. The summed E-state index contributed by atoms with van der Waals surface area (Å²) in [5.41, 5.74) is 0. The normalized spacial score (nSPS) is 8.29. The Labute approximate surface area is 51.1 Å². The maximum atomic E-state index is 8.52. The van der Waals surface area contributed by atoms with E-state index in [2.05, 4.69) is 0 Å². The average Bonchev–Trinajstić information content (AvgIpc) is 0.722. The van der Waals surface area contributed by atoms with Crippen molar-refractivity contribution in [2.24, 2.45) is 0 Å². The largest absolute Gasteiger partial charge is 0.759 e. The SMILES string of the molecule is O.O=S(=O)([O-])[O-].[Mn]. The van der Waals surface area contributed by atoms with E-state index in [-0.39, 0.29) is 22.5 Å². The molecule has 0 aliphatic carbocycles. The maximum Gasteiger partial charge on any atom is 0.0311 e. The first kappa shape index (κ1) is 15.7. The van der Waals surface area contributed by atoms with Crippen LogP contribution < -0.4 is 0 Å². The molecule has 5 nitrogen and oxygen atoms in total. The molecule has 7 heteroatoms. The van der Waals surface area contributed by atoms with Crippen LogP contribution in [0.3, 0.4) is 0 Å². The van der Waals surface area contributed by atoms with Gasteiger partial charge >= 0.3 is 0 Å². The molecule has 0 aliphatic rings. The number of rotatable bonds is 0. The molecule has 0 saturated carbocycles. The molecular weight excluding hydrogens is 167 g/mol. The van der Waals surface area contributed by atoms with Gasteiger partial charge in [0.25, 0.3) is 0 Å². The van der Waals surface area contributed by atoms with Gasteiger partial charge in [0.2, 0.25) is 0 Å². The molecule has 0 atom stereocenters. The molecule has 0 aromatic carbocycles. The van der Waals surface area contributed by atoms with Gasteiger partial charge in [0.15, 0.2) is 0 Å². The van der Waals surface area contributed by atoms with Gasteiger partial charge in [0, 0.05) is 27.5 Å². The molecule has 0 spiro atoms. The predicted molar refractivity (Wildman–Crippen MR) is 14.1 cm³/mol. The van der Waals surface area contributed by atoms with Gasteiger partial charge in [0.05, 0.1) is 0 Å². The van der Waals surface area contributed by atoms with E-state index in [0.717, 1.165) is 0 Å². The average molecular weight is 169 g/mol. The summed E-state index contributed by atoms with van der Waals surface area (Å²) in [7, 11) is -5.17. The Morgan fingerprint density at radius 3 is 1.14 bits per heavy atom. The zero-order valence-electron chi connectivity index (χ0n) is 2.92. The van der Waals surface area contributed by atoms with Crippen molar-refractivity contribution in [3.8, 4) is 0 Å². The first-order valence-corrected chi connectivity index (χ1v) is 2.00. The molecule has 0 bridgehead atoms. The van der Waals surface area contributed by atoms with E-state index in [1.807, 2.05) is 0 Å². The van der Waals surface area contributed by atoms with Crippen LogP contribution in [0.15, 0.2) is 0 Å². The van der Waals surface area contributed by atoms with Crippen molar-refractivity contribution in [1.82, 2.24) is 0 Å². The van der Waals surface area contributed by atoms with Gasteiger partial charge in [-0.15, -0.1) is 0 Å². The van der Waals surface area contributed by atoms with Gasteiger partial charge in [-0.05, 0) is 0 Å². The Hall–Kier alpha value is 0.349. The Morgan fingerprint density at radius 1 is 1.14 bits per heavy atom. The quantitative estimate of drug-likeness (QED) is 0.233. The van der Waals surface area contributed by atoms with Crippen LogP contribution in [0.4, 0.5) is 0 Å². The minimum atomic E-state index is -5.17. The van der Waals surface area contributed by atoms with Crippen LogP contribution >= 0.6 is 0 Å². The summed E-state index contributed by atoms with van der Waals surface area (Å²) in [6, 6.07) is 0. The molecule has 0 fully saturated rings. The van der Waals surface area contributed by atoms with E-state index in [1.165, 1.54) is 0 Å². The van der Waals surface area contributed by atoms with Crippen LogP contribution in [0, 0.1) is 0 Å². The summed E-state index contributed by atoms with van der Waals surface area (Å²) in [5, 5.41) is 0. The summed E-state index contributed by atoms with van der Waals surface area (Å²) in [6.45, 7) is 0. The number of hydrogen-bond donors (Lipinski definition) is 0. The molecule has 2 N–H and O–H groups in total. The molecule has 7 heavy (non-hydrogen) atoms. The summed E-state index contributed by atoms with van der Waals surface area (Å²) >= 11 is 0. The third-order valence-corrected chi connectivity index (χ3v) is 0. The van der Waals surface area contributed by atoms with Crippen molar-refractivity contribution in [3.05, 3.63) is 0 Å². The van der Waals surface area contributed by atoms with Crippen LogP contribution in [0.5, 0.6) is 0 Å². The maximum absolute atomic E-state index is 8.52. The van der Waals surface area contributed by atoms with Crippen molar-refractivity contribution in [2.45, 2.75) is 0 Å². The van der Waals surface area contributed by atoms with Crippen LogP contribution in [0.2, 0.25) is 0 Å². The van der Waals surface area contributed by atoms with Crippen molar-refractivity contribution < 1.29 is 40.1 Å². The topological polar surface area (TPSA) is 112 Å². The minimum Gasteiger partial charge on any atom is -0.759 e. The van der Waals surface area contributed by atoms with Crippen LogP contribution in [-0.4, -0.2) is 23.0 Å². The smallest absolute Gasteiger partial charge is 0.0311 e. The van der Waals surface area contributed by atoms with E-state index < -0.39 is 10.4 Å². The first-order valence-electron chi connectivity index (χ1n) is 0.667. The molecule has 0 unspecified atom stereocenters. The van der Waals surface area contributed by atoms with Crippen molar-refractivity contribution >= 4 is 10.4 Å². The summed E-state index contributed by atoms with van der Waals surface area (Å²) in [4.78, 5) is 0. The fraction of sp³-hybridized carbons (Fsp3) is 0. The fourth-order valence-electron chi connectivity index (χ4n) is 0. The van der Waals surface area contributed by atoms with E-state index in [4.69, 9.17) is 17.5 Å². The van der Waals surface area contributed by atoms with E-state index in [0.29, 0.717) is 0 Å². The Morgan fingerprint density at radius 2 is 1.14 bits per heavy atom. The molecule has 0 aromatic heterocycles. The molecular formula is H2MnO5S-2. The summed E-state index contributed by atoms with van der Waals surface area (Å²) in [5.74, 6) is 0. The second kappa shape index (κ2) is 4.51. The van der Waals surface area contributed by atoms with Crippen molar-refractivity contribution in [3.63, 3.8) is 0 Å². The monoisotopic (exact) mass is 169 g/mol. The first-order chi connectivity index (χ1) is 2.00. The predicted octanol–water partition coefficient (Wildman–Crippen LogP) is -2.17. The zero-order valence-corrected chi connectivity index (χ0v) is 4.92. The number of hydrogen-bond acceptors (Lipinski definition) is 4. The summed E-state index contributed by atoms with van der Waals surface area (Å²) < 4.78 is 34.1. The molecule has 0 amide bonds. The van der Waals surface area contributed by atoms with Crippen molar-refractivity contribution in [2.75, 3.05) is 0 Å². The molecule has 47 valence electrons. The molecule has 0 aromatic rings. The Kier molecular flexibility index (Phi) is 10.1. The molecule has 0 saturated heterocycles. The summed E-state index contributed by atoms with van der Waals surface area (Å²) in [6.07, 6.45) is 0. The van der Waals surface area contributed by atoms with Crippen molar-refractivity contribution in [1.29, 1.82) is 0 Å². The van der Waals surface area contributed by atoms with Gasteiger partial charge < -0.3 is 14.6 Å². The van der Waals surface area contributed by atoms with Crippen LogP contribution in [0.25, 0.3) is 0 Å². The standard InChI is InChI=1S/Mn.H2O4S.H2O/c;1-5(2,3)4;/h;(H2,1,2,3,4);1H2/p-2. The zero-order chi connectivity index (χ0) is 4.50. The third-order valence-electron chi connectivity index (χ3n) is 0. The second-order valence-electron chi connectivity index (χ2n) is 0.408. The van der Waals surface area contributed by atoms with Gasteiger partial charge in [0.1, 0.15) is 0 Å². The van der Waals surface area contributed by atoms with Crippen LogP contribution in [-0.2, 0) is 27.5 Å². The van der Waals surface area contributed by atoms with E-state index in [1.54, 1.807) is 0 Å². The Balaban J connectivity index is -0.0000000800. The second-order valence-corrected chi connectivity index (χ2v) is 1.22. The Bertz CT molecular complexity index is 91.2. The van der Waals surface area contributed by atoms with Crippen LogP contribution in [0.1, 0.15) is 0 Å². The van der Waals surface area contributed by atoms with Gasteiger partial charge in [-0.1, -0.05) is 0 Å². The van der Waals surface area contributed by atoms with Gasteiger partial charge in [-0.2, -0.15) is 0 Å². The van der Waals surface area contributed by atoms with Gasteiger partial charge in [-0.25, -0.2) is 0 Å². The molecule has 0 rings (SSSR count). The minimum absolute atomic E-state index is 0.